The van der Waals surface area contributed by atoms with E-state index in [-0.39, 0.29) is 18.0 Å². The molecule has 1 heterocycles. The van der Waals surface area contributed by atoms with Gasteiger partial charge < -0.3 is 15.0 Å². The summed E-state index contributed by atoms with van der Waals surface area (Å²) in [6, 6.07) is 7.14. The van der Waals surface area contributed by atoms with E-state index in [1.54, 1.807) is 7.11 Å². The molecule has 0 bridgehead atoms. The predicted molar refractivity (Wildman–Crippen MR) is 98.1 cm³/mol. The van der Waals surface area contributed by atoms with Gasteiger partial charge in [-0.25, -0.2) is 4.79 Å². The average molecular weight is 348 g/mol. The number of amides is 3. The molecule has 1 fully saturated rings. The van der Waals surface area contributed by atoms with Crippen LogP contribution in [0.1, 0.15) is 20.8 Å². The molecule has 1 atom stereocenters. The van der Waals surface area contributed by atoms with Crippen molar-refractivity contribution in [1.29, 1.82) is 0 Å². The van der Waals surface area contributed by atoms with E-state index >= 15 is 0 Å². The quantitative estimate of drug-likeness (QED) is 0.842. The normalized spacial score (nSPS) is 16.4. The number of nitrogens with zero attached hydrogens (tertiary/aromatic N) is 2. The molecule has 0 radical (unpaired) electrons. The number of hydrogen-bond donors (Lipinski definition) is 2. The number of anilines is 1. The first-order valence-corrected chi connectivity index (χ1v) is 8.65. The molecule has 2 rings (SSSR count). The summed E-state index contributed by atoms with van der Waals surface area (Å²) in [4.78, 5) is 28.3. The van der Waals surface area contributed by atoms with Gasteiger partial charge in [-0.05, 0) is 32.9 Å². The molecular formula is C18H28N4O3. The molecular weight excluding hydrogens is 320 g/mol. The topological polar surface area (TPSA) is 73.9 Å². The van der Waals surface area contributed by atoms with Gasteiger partial charge in [0.15, 0.2) is 0 Å². The van der Waals surface area contributed by atoms with Gasteiger partial charge in [0, 0.05) is 32.2 Å². The first-order chi connectivity index (χ1) is 11.9. The van der Waals surface area contributed by atoms with E-state index < -0.39 is 6.03 Å². The number of methoxy groups -OCH3 is 1. The Morgan fingerprint density at radius 2 is 1.72 bits per heavy atom. The number of nitrogens with one attached hydrogen (secondary N) is 2. The molecule has 0 aromatic heterocycles. The van der Waals surface area contributed by atoms with Crippen LogP contribution in [0.2, 0.25) is 0 Å². The summed E-state index contributed by atoms with van der Waals surface area (Å²) in [5.74, 6) is 0.580. The van der Waals surface area contributed by atoms with Crippen LogP contribution < -0.4 is 20.3 Å². The van der Waals surface area contributed by atoms with Crippen molar-refractivity contribution in [3.63, 3.8) is 0 Å². The number of rotatable bonds is 5. The first kappa shape index (κ1) is 19.1. The van der Waals surface area contributed by atoms with Crippen LogP contribution >= 0.6 is 0 Å². The summed E-state index contributed by atoms with van der Waals surface area (Å²) in [5.41, 5.74) is 1.07. The van der Waals surface area contributed by atoms with E-state index in [9.17, 15) is 9.59 Å². The van der Waals surface area contributed by atoms with Crippen LogP contribution in [0.15, 0.2) is 24.3 Å². The third-order valence-corrected chi connectivity index (χ3v) is 4.32. The van der Waals surface area contributed by atoms with Crippen molar-refractivity contribution in [2.75, 3.05) is 38.2 Å². The number of carbonyl (C=O) groups excluding carboxylic acids is 2. The number of ether oxygens (including phenoxy) is 1. The van der Waals surface area contributed by atoms with Crippen LogP contribution in [-0.2, 0) is 4.79 Å². The molecule has 1 aliphatic heterocycles. The third-order valence-electron chi connectivity index (χ3n) is 4.32. The summed E-state index contributed by atoms with van der Waals surface area (Å²) in [6.45, 7) is 8.63. The molecule has 0 saturated carbocycles. The minimum absolute atomic E-state index is 0.00694. The number of urea groups is 1. The second-order valence-electron chi connectivity index (χ2n) is 6.49. The Bertz CT molecular complexity index is 598. The van der Waals surface area contributed by atoms with E-state index in [4.69, 9.17) is 4.74 Å². The van der Waals surface area contributed by atoms with Crippen molar-refractivity contribution in [2.24, 2.45) is 0 Å². The van der Waals surface area contributed by atoms with Crippen molar-refractivity contribution < 1.29 is 14.3 Å². The van der Waals surface area contributed by atoms with Gasteiger partial charge in [0.05, 0.1) is 18.8 Å². The maximum Gasteiger partial charge on any atom is 0.321 e. The number of imide groups is 1. The monoisotopic (exact) mass is 348 g/mol. The fourth-order valence-electron chi connectivity index (χ4n) is 2.92. The highest BCUT2D eigenvalue weighted by atomic mass is 16.5. The fourth-order valence-corrected chi connectivity index (χ4v) is 2.92. The Hall–Kier alpha value is -2.28. The highest BCUT2D eigenvalue weighted by Crippen LogP contribution is 2.28. The Labute approximate surface area is 149 Å². The largest absolute Gasteiger partial charge is 0.495 e. The zero-order valence-electron chi connectivity index (χ0n) is 15.4. The smallest absolute Gasteiger partial charge is 0.321 e. The van der Waals surface area contributed by atoms with Crippen LogP contribution in [0.5, 0.6) is 5.75 Å². The Balaban J connectivity index is 1.88. The van der Waals surface area contributed by atoms with Crippen LogP contribution in [0.3, 0.4) is 0 Å². The lowest BCUT2D eigenvalue weighted by atomic mass is 10.2. The average Bonchev–Trinajstić information content (AvgIpc) is 2.60. The van der Waals surface area contributed by atoms with Gasteiger partial charge in [0.25, 0.3) is 0 Å². The lowest BCUT2D eigenvalue weighted by Gasteiger charge is -2.38. The maximum atomic E-state index is 12.2. The van der Waals surface area contributed by atoms with E-state index in [0.717, 1.165) is 37.6 Å². The molecule has 2 N–H and O–H groups in total. The van der Waals surface area contributed by atoms with Gasteiger partial charge in [-0.2, -0.15) is 0 Å². The Kier molecular flexibility index (Phi) is 6.64. The maximum absolute atomic E-state index is 12.2. The minimum Gasteiger partial charge on any atom is -0.495 e. The van der Waals surface area contributed by atoms with E-state index in [0.29, 0.717) is 0 Å². The SMILES string of the molecule is COc1ccccc1N1CCN([C@@H](C)C(=O)NC(=O)NC(C)C)CC1. The van der Waals surface area contributed by atoms with Gasteiger partial charge in [0.1, 0.15) is 5.75 Å². The molecule has 1 aromatic carbocycles. The molecule has 25 heavy (non-hydrogen) atoms. The molecule has 0 spiro atoms. The molecule has 0 aliphatic carbocycles. The molecule has 3 amide bonds. The zero-order valence-corrected chi connectivity index (χ0v) is 15.4. The summed E-state index contributed by atoms with van der Waals surface area (Å²) in [6.07, 6.45) is 0. The number of benzene rings is 1. The molecule has 1 aromatic rings. The Morgan fingerprint density at radius 1 is 1.08 bits per heavy atom. The van der Waals surface area contributed by atoms with Crippen LogP contribution in [0, 0.1) is 0 Å². The van der Waals surface area contributed by atoms with Crippen LogP contribution in [-0.4, -0.2) is 62.2 Å². The second-order valence-corrected chi connectivity index (χ2v) is 6.49. The standard InChI is InChI=1S/C18H28N4O3/c1-13(2)19-18(24)20-17(23)14(3)21-9-11-22(12-10-21)15-7-5-6-8-16(15)25-4/h5-8,13-14H,9-12H2,1-4H3,(H2,19,20,23,24)/t14-/m0/s1. The number of piperazine rings is 1. The van der Waals surface area contributed by atoms with Crippen molar-refractivity contribution >= 4 is 17.6 Å². The van der Waals surface area contributed by atoms with Crippen molar-refractivity contribution in [3.05, 3.63) is 24.3 Å². The zero-order chi connectivity index (χ0) is 18.4. The summed E-state index contributed by atoms with van der Waals surface area (Å²) >= 11 is 0. The third kappa shape index (κ3) is 5.09. The number of hydrogen-bond acceptors (Lipinski definition) is 5. The van der Waals surface area contributed by atoms with E-state index in [2.05, 4.69) is 20.4 Å². The van der Waals surface area contributed by atoms with E-state index in [1.165, 1.54) is 0 Å². The highest BCUT2D eigenvalue weighted by molar-refractivity contribution is 5.96. The molecule has 7 heteroatoms. The lowest BCUT2D eigenvalue weighted by Crippen LogP contribution is -2.55. The minimum atomic E-state index is -0.445. The van der Waals surface area contributed by atoms with Gasteiger partial charge in [-0.15, -0.1) is 0 Å². The van der Waals surface area contributed by atoms with Crippen LogP contribution in [0.25, 0.3) is 0 Å². The number of carbonyl (C=O) groups is 2. The van der Waals surface area contributed by atoms with Crippen LogP contribution in [0.4, 0.5) is 10.5 Å². The van der Waals surface area contributed by atoms with Crippen molar-refractivity contribution in [2.45, 2.75) is 32.9 Å². The molecule has 7 nitrogen and oxygen atoms in total. The summed E-state index contributed by atoms with van der Waals surface area (Å²) < 4.78 is 5.42. The molecule has 138 valence electrons. The summed E-state index contributed by atoms with van der Waals surface area (Å²) in [5, 5.41) is 5.07. The van der Waals surface area contributed by atoms with Gasteiger partial charge in [0.2, 0.25) is 5.91 Å². The molecule has 1 aliphatic rings. The lowest BCUT2D eigenvalue weighted by molar-refractivity contribution is -0.124. The summed E-state index contributed by atoms with van der Waals surface area (Å²) in [7, 11) is 1.67. The van der Waals surface area contributed by atoms with Crippen molar-refractivity contribution in [3.8, 4) is 5.75 Å². The van der Waals surface area contributed by atoms with Gasteiger partial charge in [-0.3, -0.25) is 15.0 Å². The predicted octanol–water partition coefficient (Wildman–Crippen LogP) is 1.44. The highest BCUT2D eigenvalue weighted by Gasteiger charge is 2.27. The van der Waals surface area contributed by atoms with Crippen molar-refractivity contribution in [1.82, 2.24) is 15.5 Å². The number of para-hydroxylation sites is 2. The van der Waals surface area contributed by atoms with Gasteiger partial charge >= 0.3 is 6.03 Å². The van der Waals surface area contributed by atoms with E-state index in [1.807, 2.05) is 45.0 Å². The molecule has 1 saturated heterocycles. The molecule has 0 unspecified atom stereocenters. The Morgan fingerprint density at radius 3 is 2.32 bits per heavy atom. The van der Waals surface area contributed by atoms with Gasteiger partial charge in [-0.1, -0.05) is 12.1 Å². The first-order valence-electron chi connectivity index (χ1n) is 8.65. The second kappa shape index (κ2) is 8.71. The fraction of sp³-hybridized carbons (Fsp3) is 0.556.